The van der Waals surface area contributed by atoms with Crippen LogP contribution in [0.4, 0.5) is 52.7 Å². The normalized spacial score (nSPS) is 13.5. The van der Waals surface area contributed by atoms with Gasteiger partial charge in [0.25, 0.3) is 0 Å². The van der Waals surface area contributed by atoms with Crippen molar-refractivity contribution in [3.63, 3.8) is 0 Å². The summed E-state index contributed by atoms with van der Waals surface area (Å²) < 4.78 is 167. The highest BCUT2D eigenvalue weighted by Crippen LogP contribution is 2.45. The smallest absolute Gasteiger partial charge is 0.166 e. The molecule has 0 aliphatic rings. The van der Waals surface area contributed by atoms with E-state index in [2.05, 4.69) is 0 Å². The summed E-state index contributed by atoms with van der Waals surface area (Å²) in [4.78, 5) is 0. The van der Waals surface area contributed by atoms with Crippen molar-refractivity contribution in [2.45, 2.75) is 24.7 Å². The second-order valence-electron chi connectivity index (χ2n) is 10.3. The largest absolute Gasteiger partial charge is 0.416 e. The molecule has 0 aliphatic heterocycles. The molecule has 0 spiro atoms. The number of benzene rings is 6. The maximum Gasteiger partial charge on any atom is 0.416 e. The summed E-state index contributed by atoms with van der Waals surface area (Å²) >= 11 is 0. The molecule has 0 radical (unpaired) electrons. The first-order valence-corrected chi connectivity index (χ1v) is 14.2. The van der Waals surface area contributed by atoms with Crippen LogP contribution in [0.1, 0.15) is 22.3 Å². The number of halogens is 12. The molecular weight excluding hydrogens is 643 g/mol. The average molecular weight is 658 g/mol. The number of hydrogen-bond acceptors (Lipinski definition) is 0. The summed E-state index contributed by atoms with van der Waals surface area (Å²) in [5, 5.41) is 2.03. The lowest BCUT2D eigenvalue weighted by Gasteiger charge is -2.26. The zero-order valence-electron chi connectivity index (χ0n) is 22.1. The van der Waals surface area contributed by atoms with Gasteiger partial charge in [0.1, 0.15) is 0 Å². The van der Waals surface area contributed by atoms with Crippen molar-refractivity contribution >= 4 is 56.2 Å². The minimum atomic E-state index is -5.31. The van der Waals surface area contributed by atoms with E-state index in [1.807, 2.05) is 0 Å². The Labute approximate surface area is 247 Å². The van der Waals surface area contributed by atoms with Gasteiger partial charge in [-0.15, -0.1) is 0 Å². The van der Waals surface area contributed by atoms with Crippen LogP contribution in [0.3, 0.4) is 0 Å². The van der Waals surface area contributed by atoms with Crippen molar-refractivity contribution in [1.29, 1.82) is 0 Å². The van der Waals surface area contributed by atoms with Gasteiger partial charge in [-0.25, -0.2) is 0 Å². The van der Waals surface area contributed by atoms with Crippen LogP contribution in [0.5, 0.6) is 0 Å². The van der Waals surface area contributed by atoms with E-state index in [-0.39, 0.29) is 22.8 Å². The molecule has 6 aromatic carbocycles. The molecule has 6 rings (SSSR count). The minimum Gasteiger partial charge on any atom is -0.166 e. The van der Waals surface area contributed by atoms with Gasteiger partial charge in [-0.3, -0.25) is 0 Å². The number of hydrogen-bond donors (Lipinski definition) is 0. The first-order chi connectivity index (χ1) is 20.8. The molecule has 0 heterocycles. The fourth-order valence-electron chi connectivity index (χ4n) is 5.48. The molecule has 6 aromatic rings. The summed E-state index contributed by atoms with van der Waals surface area (Å²) in [6.07, 6.45) is -21.3. The summed E-state index contributed by atoms with van der Waals surface area (Å²) in [6.45, 7) is 0. The van der Waals surface area contributed by atoms with Gasteiger partial charge in [0.15, 0.2) is 0 Å². The first kappa shape index (κ1) is 31.0. The van der Waals surface area contributed by atoms with E-state index in [0.29, 0.717) is 40.4 Å². The Hall–Kier alpha value is -4.05. The van der Waals surface area contributed by atoms with Crippen LogP contribution in [0, 0.1) is 0 Å². The zero-order valence-corrected chi connectivity index (χ0v) is 23.0. The molecule has 0 nitrogen and oxygen atoms in total. The minimum absolute atomic E-state index is 0.0179. The molecule has 0 fully saturated rings. The monoisotopic (exact) mass is 658 g/mol. The van der Waals surface area contributed by atoms with Gasteiger partial charge in [-0.2, -0.15) is 52.7 Å². The summed E-state index contributed by atoms with van der Waals surface area (Å²) in [7, 11) is -2.88. The van der Waals surface area contributed by atoms with E-state index in [9.17, 15) is 52.7 Å². The van der Waals surface area contributed by atoms with Crippen LogP contribution in [0.25, 0.3) is 32.3 Å². The highest BCUT2D eigenvalue weighted by molar-refractivity contribution is 7.80. The van der Waals surface area contributed by atoms with E-state index in [4.69, 9.17) is 0 Å². The molecule has 45 heavy (non-hydrogen) atoms. The summed E-state index contributed by atoms with van der Waals surface area (Å²) in [5.74, 6) is 0. The Bertz CT molecular complexity index is 1910. The molecule has 13 heteroatoms. The highest BCUT2D eigenvalue weighted by Gasteiger charge is 2.40. The molecule has 0 aromatic heterocycles. The average Bonchev–Trinajstić information content (AvgIpc) is 2.94. The fraction of sp³-hybridized carbons (Fsp3) is 0.125. The van der Waals surface area contributed by atoms with Crippen molar-refractivity contribution in [1.82, 2.24) is 0 Å². The molecule has 0 bridgehead atoms. The van der Waals surface area contributed by atoms with Crippen LogP contribution >= 0.6 is 7.92 Å². The molecule has 232 valence electrons. The zero-order chi connectivity index (χ0) is 32.7. The van der Waals surface area contributed by atoms with E-state index in [1.54, 1.807) is 36.4 Å². The van der Waals surface area contributed by atoms with Gasteiger partial charge in [-0.1, -0.05) is 54.6 Å². The standard InChI is InChI=1S/C32H15F12P/c33-29(34,35)19-10-20(30(36,37)38)13-23(12-19)45(24-14-21(31(39,40)41)11-22(15-24)32(42,43)44)26-9-7-18-5-4-16-2-1-3-17-6-8-25(26)28(18)27(16)17/h1-15H. The fourth-order valence-corrected chi connectivity index (χ4v) is 8.06. The number of rotatable bonds is 3. The molecule has 0 unspecified atom stereocenters. The summed E-state index contributed by atoms with van der Waals surface area (Å²) in [5.41, 5.74) is -7.00. The molecule has 0 atom stereocenters. The van der Waals surface area contributed by atoms with E-state index < -0.39 is 65.5 Å². The topological polar surface area (TPSA) is 0 Å². The lowest BCUT2D eigenvalue weighted by atomic mass is 9.94. The van der Waals surface area contributed by atoms with Gasteiger partial charge >= 0.3 is 24.7 Å². The van der Waals surface area contributed by atoms with Gasteiger partial charge in [0.05, 0.1) is 22.3 Å². The van der Waals surface area contributed by atoms with Gasteiger partial charge in [0, 0.05) is 0 Å². The van der Waals surface area contributed by atoms with Crippen LogP contribution in [0.15, 0.2) is 91.0 Å². The van der Waals surface area contributed by atoms with Gasteiger partial charge < -0.3 is 0 Å². The van der Waals surface area contributed by atoms with Crippen molar-refractivity contribution in [3.05, 3.63) is 113 Å². The molecular formula is C32H15F12P. The quantitative estimate of drug-likeness (QED) is 0.101. The maximum absolute atomic E-state index is 13.9. The third kappa shape index (κ3) is 5.65. The lowest BCUT2D eigenvalue weighted by molar-refractivity contribution is -0.144. The van der Waals surface area contributed by atoms with Gasteiger partial charge in [0.2, 0.25) is 0 Å². The van der Waals surface area contributed by atoms with Crippen LogP contribution in [-0.4, -0.2) is 0 Å². The van der Waals surface area contributed by atoms with Crippen molar-refractivity contribution in [2.24, 2.45) is 0 Å². The van der Waals surface area contributed by atoms with E-state index in [1.165, 1.54) is 18.2 Å². The van der Waals surface area contributed by atoms with E-state index >= 15 is 0 Å². The second kappa shape index (κ2) is 10.2. The van der Waals surface area contributed by atoms with Crippen molar-refractivity contribution < 1.29 is 52.7 Å². The molecule has 0 saturated carbocycles. The van der Waals surface area contributed by atoms with Gasteiger partial charge in [-0.05, 0) is 92.6 Å². The lowest BCUT2D eigenvalue weighted by Crippen LogP contribution is -2.26. The Kier molecular flexibility index (Phi) is 7.04. The predicted molar refractivity (Wildman–Crippen MR) is 149 cm³/mol. The van der Waals surface area contributed by atoms with Crippen LogP contribution in [0.2, 0.25) is 0 Å². The Morgan fingerprint density at radius 3 is 1.13 bits per heavy atom. The molecule has 0 saturated heterocycles. The summed E-state index contributed by atoms with van der Waals surface area (Å²) in [6, 6.07) is 15.9. The van der Waals surface area contributed by atoms with Crippen LogP contribution < -0.4 is 15.9 Å². The molecule has 0 amide bonds. The molecule has 0 N–H and O–H groups in total. The van der Waals surface area contributed by atoms with Crippen molar-refractivity contribution in [2.75, 3.05) is 0 Å². The highest BCUT2D eigenvalue weighted by atomic mass is 31.1. The number of alkyl halides is 12. The van der Waals surface area contributed by atoms with Crippen LogP contribution in [-0.2, 0) is 24.7 Å². The maximum atomic E-state index is 13.9. The third-order valence-corrected chi connectivity index (χ3v) is 9.83. The Morgan fingerprint density at radius 1 is 0.378 bits per heavy atom. The third-order valence-electron chi connectivity index (χ3n) is 7.41. The predicted octanol–water partition coefficient (Wildman–Crippen LogP) is 10.4. The van der Waals surface area contributed by atoms with E-state index in [0.717, 1.165) is 10.8 Å². The second-order valence-corrected chi connectivity index (χ2v) is 12.5. The SMILES string of the molecule is FC(F)(F)c1cc(P(c2cc(C(F)(F)F)cc(C(F)(F)F)c2)c2ccc3ccc4cccc5ccc2c3c45)cc(C(F)(F)F)c1. The first-order valence-electron chi connectivity index (χ1n) is 12.9. The van der Waals surface area contributed by atoms with Crippen molar-refractivity contribution in [3.8, 4) is 0 Å². The Morgan fingerprint density at radius 2 is 0.733 bits per heavy atom. The molecule has 0 aliphatic carbocycles. The Balaban J connectivity index is 1.77.